The van der Waals surface area contributed by atoms with Gasteiger partial charge in [-0.15, -0.1) is 0 Å². The van der Waals surface area contributed by atoms with Gasteiger partial charge in [-0.1, -0.05) is 48.0 Å². The lowest BCUT2D eigenvalue weighted by atomic mass is 9.87. The van der Waals surface area contributed by atoms with E-state index >= 15 is 0 Å². The van der Waals surface area contributed by atoms with Crippen molar-refractivity contribution in [1.29, 1.82) is 0 Å². The SMILES string of the molecule is CC(C)C[C@H](CC(=O)[C@H](CC(C)C)NC(=O)CCCC[C@@H]1SC[C@@H]2NC(=O)N[C@@H]21)C(=O)N[C@@H](CC(C)C)C(=O)C1(C)CO1. The predicted molar refractivity (Wildman–Crippen MR) is 169 cm³/mol. The van der Waals surface area contributed by atoms with Gasteiger partial charge in [-0.3, -0.25) is 19.2 Å². The fourth-order valence-electron chi connectivity index (χ4n) is 6.13. The Morgan fingerprint density at radius 1 is 0.930 bits per heavy atom. The molecule has 0 radical (unpaired) electrons. The standard InChI is InChI=1S/C32H54N4O6S/c1-18(2)12-21(30(40)34-23(14-20(5)6)29(39)32(7)17-42-32)15-25(37)22(13-19(3)4)33-27(38)11-9-8-10-26-28-24(16-43-26)35-31(41)36-28/h18-24,26,28H,8-17H2,1-7H3,(H,33,38)(H,34,40)(H2,35,36,41)/t21-,22+,23+,24+,26+,28+,32?/m1/s1. The van der Waals surface area contributed by atoms with Gasteiger partial charge in [0.1, 0.15) is 5.60 Å². The number of unbranched alkanes of at least 4 members (excludes halogenated alkanes) is 1. The van der Waals surface area contributed by atoms with E-state index in [2.05, 4.69) is 21.3 Å². The molecule has 3 rings (SSSR count). The molecule has 4 N–H and O–H groups in total. The van der Waals surface area contributed by atoms with Crippen LogP contribution in [0, 0.1) is 23.7 Å². The number of ether oxygens (including phenoxy) is 1. The second-order valence-electron chi connectivity index (χ2n) is 14.2. The number of ketones is 2. The van der Waals surface area contributed by atoms with Crippen molar-refractivity contribution in [1.82, 2.24) is 21.3 Å². The molecule has 244 valence electrons. The van der Waals surface area contributed by atoms with Gasteiger partial charge in [-0.05, 0) is 56.8 Å². The summed E-state index contributed by atoms with van der Waals surface area (Å²) in [6.45, 7) is 14.2. The summed E-state index contributed by atoms with van der Waals surface area (Å²) in [7, 11) is 0. The number of hydrogen-bond donors (Lipinski definition) is 4. The number of Topliss-reactive ketones (excluding diaryl/α,β-unsaturated/α-hetero) is 2. The topological polar surface area (TPSA) is 146 Å². The summed E-state index contributed by atoms with van der Waals surface area (Å²) < 4.78 is 5.36. The largest absolute Gasteiger partial charge is 0.361 e. The summed E-state index contributed by atoms with van der Waals surface area (Å²) >= 11 is 1.86. The van der Waals surface area contributed by atoms with Crippen molar-refractivity contribution in [3.8, 4) is 0 Å². The number of thioether (sulfide) groups is 1. The molecule has 4 amide bonds. The first kappa shape index (κ1) is 35.3. The number of fused-ring (bicyclic) bond motifs is 1. The summed E-state index contributed by atoms with van der Waals surface area (Å²) in [5, 5.41) is 12.2. The second-order valence-corrected chi connectivity index (χ2v) is 15.5. The fourth-order valence-corrected chi connectivity index (χ4v) is 7.68. The van der Waals surface area contributed by atoms with Crippen molar-refractivity contribution >= 4 is 41.2 Å². The maximum Gasteiger partial charge on any atom is 0.315 e. The van der Waals surface area contributed by atoms with Crippen molar-refractivity contribution in [2.45, 2.75) is 135 Å². The molecule has 1 unspecified atom stereocenters. The van der Waals surface area contributed by atoms with Gasteiger partial charge in [0.15, 0.2) is 11.6 Å². The number of carbonyl (C=O) groups is 5. The second kappa shape index (κ2) is 15.7. The van der Waals surface area contributed by atoms with E-state index in [1.807, 2.05) is 53.3 Å². The number of nitrogens with one attached hydrogen (secondary N) is 4. The van der Waals surface area contributed by atoms with Crippen molar-refractivity contribution in [3.63, 3.8) is 0 Å². The van der Waals surface area contributed by atoms with Gasteiger partial charge in [0, 0.05) is 29.8 Å². The van der Waals surface area contributed by atoms with Crippen LogP contribution in [0.3, 0.4) is 0 Å². The molecule has 3 fully saturated rings. The minimum atomic E-state index is -0.842. The molecule has 3 heterocycles. The molecule has 3 aliphatic heterocycles. The molecule has 3 aliphatic rings. The van der Waals surface area contributed by atoms with Crippen LogP contribution < -0.4 is 21.3 Å². The first-order valence-corrected chi connectivity index (χ1v) is 17.2. The molecule has 0 saturated carbocycles. The summed E-state index contributed by atoms with van der Waals surface area (Å²) in [6.07, 6.45) is 4.34. The minimum absolute atomic E-state index is 0.0131. The average molecular weight is 623 g/mol. The molecule has 0 aromatic rings. The van der Waals surface area contributed by atoms with E-state index in [-0.39, 0.29) is 65.7 Å². The van der Waals surface area contributed by atoms with Crippen LogP contribution in [0.25, 0.3) is 0 Å². The quantitative estimate of drug-likeness (QED) is 0.0975. The Morgan fingerprint density at radius 2 is 1.56 bits per heavy atom. The van der Waals surface area contributed by atoms with E-state index in [4.69, 9.17) is 4.74 Å². The van der Waals surface area contributed by atoms with Crippen LogP contribution in [0.5, 0.6) is 0 Å². The highest BCUT2D eigenvalue weighted by Crippen LogP contribution is 2.33. The third-order valence-electron chi connectivity index (χ3n) is 8.52. The van der Waals surface area contributed by atoms with Crippen molar-refractivity contribution in [2.75, 3.05) is 12.4 Å². The van der Waals surface area contributed by atoms with Crippen LogP contribution in [-0.4, -0.2) is 76.8 Å². The number of amides is 4. The number of rotatable bonds is 19. The van der Waals surface area contributed by atoms with E-state index in [9.17, 15) is 24.0 Å². The zero-order chi connectivity index (χ0) is 31.9. The average Bonchev–Trinajstić information content (AvgIpc) is 3.39. The molecule has 0 aliphatic carbocycles. The zero-order valence-corrected chi connectivity index (χ0v) is 27.9. The minimum Gasteiger partial charge on any atom is -0.361 e. The number of epoxide rings is 1. The molecule has 10 nitrogen and oxygen atoms in total. The van der Waals surface area contributed by atoms with Crippen LogP contribution in [0.4, 0.5) is 4.79 Å². The zero-order valence-electron chi connectivity index (χ0n) is 27.1. The Morgan fingerprint density at radius 3 is 2.16 bits per heavy atom. The van der Waals surface area contributed by atoms with E-state index in [1.165, 1.54) is 0 Å². The van der Waals surface area contributed by atoms with Crippen LogP contribution in [0.2, 0.25) is 0 Å². The first-order chi connectivity index (χ1) is 20.2. The third kappa shape index (κ3) is 10.8. The van der Waals surface area contributed by atoms with Gasteiger partial charge < -0.3 is 26.0 Å². The van der Waals surface area contributed by atoms with Gasteiger partial charge >= 0.3 is 6.03 Å². The van der Waals surface area contributed by atoms with E-state index in [0.29, 0.717) is 44.0 Å². The molecular formula is C32H54N4O6S. The smallest absolute Gasteiger partial charge is 0.315 e. The fraction of sp³-hybridized carbons (Fsp3) is 0.844. The molecule has 3 saturated heterocycles. The Labute approximate surface area is 261 Å². The molecule has 0 bridgehead atoms. The summed E-state index contributed by atoms with van der Waals surface area (Å²) in [5.74, 6) is 0.155. The molecule has 7 atom stereocenters. The summed E-state index contributed by atoms with van der Waals surface area (Å²) in [6, 6.07) is -1.08. The molecular weight excluding hydrogens is 568 g/mol. The molecule has 0 aromatic heterocycles. The van der Waals surface area contributed by atoms with Gasteiger partial charge in [0.05, 0.1) is 30.8 Å². The van der Waals surface area contributed by atoms with Gasteiger partial charge in [0.25, 0.3) is 0 Å². The van der Waals surface area contributed by atoms with E-state index < -0.39 is 23.6 Å². The number of urea groups is 1. The Bertz CT molecular complexity index is 1010. The lowest BCUT2D eigenvalue weighted by Gasteiger charge is -2.26. The van der Waals surface area contributed by atoms with Crippen molar-refractivity contribution in [2.24, 2.45) is 23.7 Å². The van der Waals surface area contributed by atoms with Gasteiger partial charge in [-0.2, -0.15) is 11.8 Å². The monoisotopic (exact) mass is 622 g/mol. The summed E-state index contributed by atoms with van der Waals surface area (Å²) in [4.78, 5) is 64.7. The molecule has 0 aromatic carbocycles. The van der Waals surface area contributed by atoms with Crippen LogP contribution in [-0.2, 0) is 23.9 Å². The van der Waals surface area contributed by atoms with Gasteiger partial charge in [0.2, 0.25) is 11.8 Å². The highest BCUT2D eigenvalue weighted by Gasteiger charge is 2.50. The Kier molecular flexibility index (Phi) is 12.9. The maximum absolute atomic E-state index is 13.6. The Balaban J connectivity index is 1.54. The highest BCUT2D eigenvalue weighted by molar-refractivity contribution is 8.00. The van der Waals surface area contributed by atoms with Crippen LogP contribution >= 0.6 is 11.8 Å². The van der Waals surface area contributed by atoms with E-state index in [0.717, 1.165) is 18.6 Å². The van der Waals surface area contributed by atoms with Crippen molar-refractivity contribution < 1.29 is 28.7 Å². The van der Waals surface area contributed by atoms with Gasteiger partial charge in [-0.25, -0.2) is 4.79 Å². The molecule has 0 spiro atoms. The maximum atomic E-state index is 13.6. The van der Waals surface area contributed by atoms with Crippen LogP contribution in [0.1, 0.15) is 99.8 Å². The predicted octanol–water partition coefficient (Wildman–Crippen LogP) is 3.75. The summed E-state index contributed by atoms with van der Waals surface area (Å²) in [5.41, 5.74) is -0.842. The normalized spacial score (nSPS) is 26.5. The third-order valence-corrected chi connectivity index (χ3v) is 10.0. The Hall–Kier alpha value is -2.14. The first-order valence-electron chi connectivity index (χ1n) is 16.2. The lowest BCUT2D eigenvalue weighted by molar-refractivity contribution is -0.135. The molecule has 11 heteroatoms. The highest BCUT2D eigenvalue weighted by atomic mass is 32.2. The lowest BCUT2D eigenvalue weighted by Crippen LogP contribution is -2.49. The number of carbonyl (C=O) groups excluding carboxylic acids is 5. The van der Waals surface area contributed by atoms with Crippen molar-refractivity contribution in [3.05, 3.63) is 0 Å². The number of hydrogen-bond acceptors (Lipinski definition) is 7. The molecule has 43 heavy (non-hydrogen) atoms. The van der Waals surface area contributed by atoms with Crippen LogP contribution in [0.15, 0.2) is 0 Å². The van der Waals surface area contributed by atoms with E-state index in [1.54, 1.807) is 6.92 Å².